The highest BCUT2D eigenvalue weighted by Crippen LogP contribution is 2.34. The van der Waals surface area contributed by atoms with Crippen LogP contribution in [0.5, 0.6) is 11.5 Å². The smallest absolute Gasteiger partial charge is 0.282 e. The highest BCUT2D eigenvalue weighted by Gasteiger charge is 2.18. The Kier molecular flexibility index (Phi) is 9.14. The number of ether oxygens (including phenoxy) is 2. The molecule has 1 aromatic heterocycles. The van der Waals surface area contributed by atoms with Crippen LogP contribution in [0, 0.1) is 12.7 Å². The van der Waals surface area contributed by atoms with Crippen molar-refractivity contribution in [1.82, 2.24) is 9.66 Å². The number of hydrogen-bond donors (Lipinski definition) is 1. The lowest BCUT2D eigenvalue weighted by Crippen LogP contribution is -2.21. The molecule has 9 heteroatoms. The van der Waals surface area contributed by atoms with Crippen LogP contribution in [0.4, 0.5) is 10.1 Å². The van der Waals surface area contributed by atoms with Crippen molar-refractivity contribution in [2.45, 2.75) is 33.6 Å². The number of aryl methyl sites for hydroxylation is 1. The summed E-state index contributed by atoms with van der Waals surface area (Å²) in [6.45, 7) is 8.40. The number of carbonyl (C=O) groups is 1. The van der Waals surface area contributed by atoms with Gasteiger partial charge in [-0.1, -0.05) is 38.1 Å². The molecule has 224 valence electrons. The second-order valence-corrected chi connectivity index (χ2v) is 10.5. The molecule has 0 bridgehead atoms. The van der Waals surface area contributed by atoms with Gasteiger partial charge in [-0.2, -0.15) is 9.78 Å². The zero-order valence-corrected chi connectivity index (χ0v) is 25.0. The van der Waals surface area contributed by atoms with Crippen LogP contribution in [0.3, 0.4) is 0 Å². The van der Waals surface area contributed by atoms with Gasteiger partial charge in [0.2, 0.25) is 0 Å². The molecule has 0 aliphatic rings. The molecular weight excluding hydrogens is 559 g/mol. The number of rotatable bonds is 10. The molecule has 0 atom stereocenters. The molecular formula is C35H33FN4O4. The summed E-state index contributed by atoms with van der Waals surface area (Å²) in [6, 6.07) is 23.7. The molecule has 1 heterocycles. The van der Waals surface area contributed by atoms with Gasteiger partial charge in [0, 0.05) is 11.3 Å². The average Bonchev–Trinajstić information content (AvgIpc) is 3.01. The largest absolute Gasteiger partial charge is 0.494 e. The zero-order valence-electron chi connectivity index (χ0n) is 25.0. The van der Waals surface area contributed by atoms with E-state index in [0.29, 0.717) is 40.3 Å². The van der Waals surface area contributed by atoms with Crippen molar-refractivity contribution >= 4 is 28.7 Å². The predicted molar refractivity (Wildman–Crippen MR) is 171 cm³/mol. The molecule has 5 aromatic rings. The molecule has 0 spiro atoms. The van der Waals surface area contributed by atoms with Crippen LogP contribution in [-0.4, -0.2) is 35.0 Å². The third kappa shape index (κ3) is 6.83. The van der Waals surface area contributed by atoms with E-state index in [1.807, 2.05) is 44.2 Å². The van der Waals surface area contributed by atoms with Crippen molar-refractivity contribution in [3.05, 3.63) is 118 Å². The van der Waals surface area contributed by atoms with Gasteiger partial charge < -0.3 is 14.8 Å². The standard InChI is InChI=1S/C35H33FN4O4/c1-5-43-32-17-23(4)30(19-29(32)22(2)3)34-39-31-12-7-6-11-28(31)35(42)40(34)37-20-24-9-8-10-27(18-24)44-21-33(41)38-26-15-13-25(36)14-16-26/h6-20,22H,5,21H2,1-4H3,(H,38,41). The van der Waals surface area contributed by atoms with Crippen LogP contribution in [0.25, 0.3) is 22.3 Å². The molecule has 8 nitrogen and oxygen atoms in total. The predicted octanol–water partition coefficient (Wildman–Crippen LogP) is 6.93. The number of para-hydroxylation sites is 1. The second kappa shape index (κ2) is 13.3. The lowest BCUT2D eigenvalue weighted by molar-refractivity contribution is -0.118. The number of carbonyl (C=O) groups excluding carboxylic acids is 1. The van der Waals surface area contributed by atoms with Crippen molar-refractivity contribution in [3.63, 3.8) is 0 Å². The highest BCUT2D eigenvalue weighted by molar-refractivity contribution is 5.92. The van der Waals surface area contributed by atoms with Crippen molar-refractivity contribution < 1.29 is 18.7 Å². The van der Waals surface area contributed by atoms with Gasteiger partial charge >= 0.3 is 0 Å². The van der Waals surface area contributed by atoms with E-state index in [-0.39, 0.29) is 29.8 Å². The quantitative estimate of drug-likeness (QED) is 0.178. The van der Waals surface area contributed by atoms with Gasteiger partial charge in [-0.05, 0) is 97.1 Å². The van der Waals surface area contributed by atoms with E-state index in [2.05, 4.69) is 24.3 Å². The molecule has 0 saturated heterocycles. The minimum atomic E-state index is -0.388. The van der Waals surface area contributed by atoms with Gasteiger partial charge in [-0.3, -0.25) is 9.59 Å². The average molecular weight is 593 g/mol. The number of halogens is 1. The fourth-order valence-electron chi connectivity index (χ4n) is 4.76. The van der Waals surface area contributed by atoms with E-state index in [4.69, 9.17) is 14.5 Å². The molecule has 0 unspecified atom stereocenters. The number of nitrogens with one attached hydrogen (secondary N) is 1. The number of fused-ring (bicyclic) bond motifs is 1. The maximum Gasteiger partial charge on any atom is 0.282 e. The number of aromatic nitrogens is 2. The molecule has 44 heavy (non-hydrogen) atoms. The Bertz CT molecular complexity index is 1900. The molecule has 1 amide bonds. The topological polar surface area (TPSA) is 94.8 Å². The highest BCUT2D eigenvalue weighted by atomic mass is 19.1. The number of anilines is 1. The first-order chi connectivity index (χ1) is 21.2. The molecule has 0 aliphatic carbocycles. The minimum absolute atomic E-state index is 0.181. The number of benzene rings is 4. The monoisotopic (exact) mass is 592 g/mol. The summed E-state index contributed by atoms with van der Waals surface area (Å²) in [7, 11) is 0. The van der Waals surface area contributed by atoms with Crippen molar-refractivity contribution in [3.8, 4) is 22.9 Å². The van der Waals surface area contributed by atoms with Crippen molar-refractivity contribution in [2.24, 2.45) is 5.10 Å². The summed E-state index contributed by atoms with van der Waals surface area (Å²) in [5, 5.41) is 7.70. The minimum Gasteiger partial charge on any atom is -0.494 e. The Morgan fingerprint density at radius 2 is 1.80 bits per heavy atom. The molecule has 0 saturated carbocycles. The van der Waals surface area contributed by atoms with Crippen molar-refractivity contribution in [2.75, 3.05) is 18.5 Å². The fourth-order valence-corrected chi connectivity index (χ4v) is 4.76. The third-order valence-electron chi connectivity index (χ3n) is 6.95. The Morgan fingerprint density at radius 3 is 2.55 bits per heavy atom. The number of nitrogens with zero attached hydrogens (tertiary/aromatic N) is 3. The van der Waals surface area contributed by atoms with Gasteiger partial charge in [0.25, 0.3) is 11.5 Å². The van der Waals surface area contributed by atoms with Crippen LogP contribution in [0.15, 0.2) is 94.8 Å². The summed E-state index contributed by atoms with van der Waals surface area (Å²) in [4.78, 5) is 31.0. The maximum atomic E-state index is 13.8. The third-order valence-corrected chi connectivity index (χ3v) is 6.95. The summed E-state index contributed by atoms with van der Waals surface area (Å²) < 4.78 is 26.0. The summed E-state index contributed by atoms with van der Waals surface area (Å²) in [6.07, 6.45) is 1.56. The molecule has 0 fully saturated rings. The second-order valence-electron chi connectivity index (χ2n) is 10.5. The van der Waals surface area contributed by atoms with E-state index in [0.717, 1.165) is 22.4 Å². The molecule has 0 aliphatic heterocycles. The number of amides is 1. The summed E-state index contributed by atoms with van der Waals surface area (Å²) in [5.41, 5.74) is 4.09. The normalized spacial score (nSPS) is 11.3. The van der Waals surface area contributed by atoms with Crippen LogP contribution in [0.1, 0.15) is 43.4 Å². The first-order valence-corrected chi connectivity index (χ1v) is 14.4. The lowest BCUT2D eigenvalue weighted by Gasteiger charge is -2.18. The Labute approximate surface area is 254 Å². The van der Waals surface area contributed by atoms with E-state index < -0.39 is 0 Å². The van der Waals surface area contributed by atoms with Crippen LogP contribution < -0.4 is 20.3 Å². The van der Waals surface area contributed by atoms with Crippen molar-refractivity contribution in [1.29, 1.82) is 0 Å². The molecule has 5 rings (SSSR count). The fraction of sp³-hybridized carbons (Fsp3) is 0.200. The van der Waals surface area contributed by atoms with Crippen LogP contribution >= 0.6 is 0 Å². The molecule has 0 radical (unpaired) electrons. The molecule has 1 N–H and O–H groups in total. The van der Waals surface area contributed by atoms with Gasteiger partial charge in [0.1, 0.15) is 17.3 Å². The van der Waals surface area contributed by atoms with Crippen LogP contribution in [0.2, 0.25) is 0 Å². The van der Waals surface area contributed by atoms with Gasteiger partial charge in [0.05, 0.1) is 23.7 Å². The van der Waals surface area contributed by atoms with E-state index in [9.17, 15) is 14.0 Å². The summed E-state index contributed by atoms with van der Waals surface area (Å²) >= 11 is 0. The zero-order chi connectivity index (χ0) is 31.2. The first kappa shape index (κ1) is 30.2. The van der Waals surface area contributed by atoms with E-state index in [1.54, 1.807) is 36.5 Å². The Hall–Kier alpha value is -5.31. The van der Waals surface area contributed by atoms with Crippen LogP contribution in [-0.2, 0) is 4.79 Å². The molecule has 4 aromatic carbocycles. The van der Waals surface area contributed by atoms with Gasteiger partial charge in [-0.25, -0.2) is 9.37 Å². The van der Waals surface area contributed by atoms with E-state index >= 15 is 0 Å². The lowest BCUT2D eigenvalue weighted by atomic mass is 9.96. The van der Waals surface area contributed by atoms with Gasteiger partial charge in [0.15, 0.2) is 12.4 Å². The Morgan fingerprint density at radius 1 is 1.02 bits per heavy atom. The SMILES string of the molecule is CCOc1cc(C)c(-c2nc3ccccc3c(=O)n2N=Cc2cccc(OCC(=O)Nc3ccc(F)cc3)c2)cc1C(C)C. The summed E-state index contributed by atoms with van der Waals surface area (Å²) in [5.74, 6) is 1.07. The van der Waals surface area contributed by atoms with E-state index in [1.165, 1.54) is 28.9 Å². The van der Waals surface area contributed by atoms with Gasteiger partial charge in [-0.15, -0.1) is 0 Å². The first-order valence-electron chi connectivity index (χ1n) is 14.4. The number of hydrogen-bond acceptors (Lipinski definition) is 6. The Balaban J connectivity index is 1.46. The maximum absolute atomic E-state index is 13.8.